The van der Waals surface area contributed by atoms with Gasteiger partial charge in [0.1, 0.15) is 6.33 Å². The van der Waals surface area contributed by atoms with Crippen LogP contribution in [0.2, 0.25) is 5.02 Å². The van der Waals surface area contributed by atoms with Gasteiger partial charge >= 0.3 is 0 Å². The number of hydrogen-bond acceptors (Lipinski definition) is 5. The van der Waals surface area contributed by atoms with Crippen molar-refractivity contribution < 1.29 is 9.47 Å². The van der Waals surface area contributed by atoms with Crippen molar-refractivity contribution in [3.63, 3.8) is 0 Å². The van der Waals surface area contributed by atoms with Crippen LogP contribution in [0.1, 0.15) is 36.6 Å². The molecule has 0 amide bonds. The summed E-state index contributed by atoms with van der Waals surface area (Å²) in [6.07, 6.45) is 2.40. The molecule has 4 rings (SSSR count). The lowest BCUT2D eigenvalue weighted by molar-refractivity contribution is 0.310. The van der Waals surface area contributed by atoms with Crippen molar-refractivity contribution in [3.8, 4) is 11.5 Å². The monoisotopic (exact) mass is 384 g/mol. The number of fused-ring (bicyclic) bond motifs is 1. The van der Waals surface area contributed by atoms with Crippen LogP contribution in [0.15, 0.2) is 48.8 Å². The van der Waals surface area contributed by atoms with Gasteiger partial charge in [0.15, 0.2) is 11.5 Å². The van der Waals surface area contributed by atoms with E-state index in [1.807, 2.05) is 48.0 Å². The van der Waals surface area contributed by atoms with E-state index in [-0.39, 0.29) is 12.1 Å². The van der Waals surface area contributed by atoms with Gasteiger partial charge in [0, 0.05) is 5.02 Å². The fourth-order valence-electron chi connectivity index (χ4n) is 3.48. The maximum atomic E-state index is 6.04. The van der Waals surface area contributed by atoms with Crippen LogP contribution in [-0.4, -0.2) is 28.5 Å². The van der Waals surface area contributed by atoms with Crippen LogP contribution in [0.25, 0.3) is 0 Å². The Hall–Kier alpha value is -2.73. The van der Waals surface area contributed by atoms with Crippen molar-refractivity contribution >= 4 is 17.5 Å². The van der Waals surface area contributed by atoms with Crippen molar-refractivity contribution in [3.05, 3.63) is 64.9 Å². The SMILES string of the molecule is CCOc1ccc([C@H]2C[C@H](c3ccc(Cl)cc3)Nc3ncnn32)cc1OC. The second kappa shape index (κ2) is 7.48. The van der Waals surface area contributed by atoms with Crippen molar-refractivity contribution in [2.45, 2.75) is 25.4 Å². The summed E-state index contributed by atoms with van der Waals surface area (Å²) in [6.45, 7) is 2.55. The van der Waals surface area contributed by atoms with Crippen LogP contribution >= 0.6 is 11.6 Å². The molecule has 3 aromatic rings. The third-order valence-corrected chi connectivity index (χ3v) is 5.03. The van der Waals surface area contributed by atoms with Crippen LogP contribution in [0.5, 0.6) is 11.5 Å². The van der Waals surface area contributed by atoms with Gasteiger partial charge in [-0.1, -0.05) is 29.8 Å². The Bertz CT molecular complexity index is 926. The van der Waals surface area contributed by atoms with Gasteiger partial charge in [-0.15, -0.1) is 0 Å². The highest BCUT2D eigenvalue weighted by atomic mass is 35.5. The molecule has 0 fully saturated rings. The fraction of sp³-hybridized carbons (Fsp3) is 0.300. The summed E-state index contributed by atoms with van der Waals surface area (Å²) in [5, 5.41) is 8.61. The smallest absolute Gasteiger partial charge is 0.222 e. The summed E-state index contributed by atoms with van der Waals surface area (Å²) in [5.41, 5.74) is 2.26. The van der Waals surface area contributed by atoms with Gasteiger partial charge < -0.3 is 14.8 Å². The van der Waals surface area contributed by atoms with Crippen molar-refractivity contribution in [1.82, 2.24) is 14.8 Å². The quantitative estimate of drug-likeness (QED) is 0.702. The zero-order valence-electron chi connectivity index (χ0n) is 15.2. The number of rotatable bonds is 5. The topological polar surface area (TPSA) is 61.2 Å². The zero-order chi connectivity index (χ0) is 18.8. The first-order valence-corrected chi connectivity index (χ1v) is 9.29. The van der Waals surface area contributed by atoms with Gasteiger partial charge in [0.05, 0.1) is 25.8 Å². The summed E-state index contributed by atoms with van der Waals surface area (Å²) in [5.74, 6) is 2.21. The maximum absolute atomic E-state index is 6.04. The molecular formula is C20H21ClN4O2. The van der Waals surface area contributed by atoms with E-state index in [0.29, 0.717) is 6.61 Å². The summed E-state index contributed by atoms with van der Waals surface area (Å²) >= 11 is 6.04. The number of anilines is 1. The van der Waals surface area contributed by atoms with Crippen LogP contribution in [-0.2, 0) is 0 Å². The molecule has 0 bridgehead atoms. The molecule has 2 heterocycles. The molecule has 0 aliphatic carbocycles. The number of methoxy groups -OCH3 is 1. The highest BCUT2D eigenvalue weighted by molar-refractivity contribution is 6.30. The second-order valence-corrected chi connectivity index (χ2v) is 6.81. The largest absolute Gasteiger partial charge is 0.493 e. The fourth-order valence-corrected chi connectivity index (χ4v) is 3.60. The highest BCUT2D eigenvalue weighted by Crippen LogP contribution is 2.40. The Morgan fingerprint density at radius 1 is 1.15 bits per heavy atom. The molecule has 27 heavy (non-hydrogen) atoms. The predicted molar refractivity (Wildman–Crippen MR) is 105 cm³/mol. The number of nitrogens with zero attached hydrogens (tertiary/aromatic N) is 3. The number of benzene rings is 2. The van der Waals surface area contributed by atoms with E-state index in [1.54, 1.807) is 13.4 Å². The third kappa shape index (κ3) is 3.45. The van der Waals surface area contributed by atoms with Gasteiger partial charge in [0.2, 0.25) is 5.95 Å². The van der Waals surface area contributed by atoms with Crippen LogP contribution in [0, 0.1) is 0 Å². The van der Waals surface area contributed by atoms with Crippen LogP contribution < -0.4 is 14.8 Å². The first-order valence-electron chi connectivity index (χ1n) is 8.91. The van der Waals surface area contributed by atoms with E-state index >= 15 is 0 Å². The number of nitrogens with one attached hydrogen (secondary N) is 1. The minimum Gasteiger partial charge on any atom is -0.493 e. The molecule has 2 aromatic carbocycles. The third-order valence-electron chi connectivity index (χ3n) is 4.78. The lowest BCUT2D eigenvalue weighted by Crippen LogP contribution is -2.28. The molecule has 140 valence electrons. The molecule has 0 saturated heterocycles. The minimum atomic E-state index is 0.0361. The van der Waals surface area contributed by atoms with E-state index in [1.165, 1.54) is 0 Å². The number of hydrogen-bond donors (Lipinski definition) is 1. The number of aromatic nitrogens is 3. The molecule has 0 unspecified atom stereocenters. The molecule has 1 N–H and O–H groups in total. The molecular weight excluding hydrogens is 364 g/mol. The van der Waals surface area contributed by atoms with E-state index < -0.39 is 0 Å². The zero-order valence-corrected chi connectivity index (χ0v) is 16.0. The maximum Gasteiger partial charge on any atom is 0.222 e. The highest BCUT2D eigenvalue weighted by Gasteiger charge is 2.30. The minimum absolute atomic E-state index is 0.0361. The number of ether oxygens (including phenoxy) is 2. The Morgan fingerprint density at radius 3 is 2.67 bits per heavy atom. The van der Waals surface area contributed by atoms with Crippen LogP contribution in [0.4, 0.5) is 5.95 Å². The van der Waals surface area contributed by atoms with Gasteiger partial charge in [-0.3, -0.25) is 0 Å². The van der Waals surface area contributed by atoms with Crippen molar-refractivity contribution in [1.29, 1.82) is 0 Å². The van der Waals surface area contributed by atoms with Gasteiger partial charge in [-0.05, 0) is 48.7 Å². The Balaban J connectivity index is 1.70. The molecule has 1 aromatic heterocycles. The Kier molecular flexibility index (Phi) is 4.90. The van der Waals surface area contributed by atoms with Crippen LogP contribution in [0.3, 0.4) is 0 Å². The molecule has 0 radical (unpaired) electrons. The van der Waals surface area contributed by atoms with Crippen molar-refractivity contribution in [2.75, 3.05) is 19.0 Å². The summed E-state index contributed by atoms with van der Waals surface area (Å²) in [7, 11) is 1.65. The summed E-state index contributed by atoms with van der Waals surface area (Å²) < 4.78 is 13.1. The summed E-state index contributed by atoms with van der Waals surface area (Å²) in [6, 6.07) is 14.1. The Morgan fingerprint density at radius 2 is 1.93 bits per heavy atom. The molecule has 0 saturated carbocycles. The molecule has 1 aliphatic heterocycles. The van der Waals surface area contributed by atoms with Gasteiger partial charge in [0.25, 0.3) is 0 Å². The second-order valence-electron chi connectivity index (χ2n) is 6.37. The molecule has 0 spiro atoms. The average Bonchev–Trinajstić information content (AvgIpc) is 3.17. The van der Waals surface area contributed by atoms with Crippen molar-refractivity contribution in [2.24, 2.45) is 0 Å². The van der Waals surface area contributed by atoms with E-state index in [9.17, 15) is 0 Å². The lowest BCUT2D eigenvalue weighted by Gasteiger charge is -2.32. The van der Waals surface area contributed by atoms with E-state index in [2.05, 4.69) is 21.5 Å². The Labute approximate surface area is 163 Å². The lowest BCUT2D eigenvalue weighted by atomic mass is 9.93. The first-order chi connectivity index (χ1) is 13.2. The average molecular weight is 385 g/mol. The molecule has 6 nitrogen and oxygen atoms in total. The standard InChI is InChI=1S/C20H21ClN4O2/c1-3-27-18-9-6-14(10-19(18)26-2)17-11-16(13-4-7-15(21)8-5-13)24-20-22-12-23-25(17)20/h4-10,12,16-17H,3,11H2,1-2H3,(H,22,23,24)/t16-,17-/m1/s1. The predicted octanol–water partition coefficient (Wildman–Crippen LogP) is 4.49. The first kappa shape index (κ1) is 17.7. The summed E-state index contributed by atoms with van der Waals surface area (Å²) in [4.78, 5) is 4.37. The van der Waals surface area contributed by atoms with Gasteiger partial charge in [-0.25, -0.2) is 4.68 Å². The van der Waals surface area contributed by atoms with E-state index in [0.717, 1.165) is 40.0 Å². The van der Waals surface area contributed by atoms with E-state index in [4.69, 9.17) is 21.1 Å². The molecule has 7 heteroatoms. The normalized spacial score (nSPS) is 18.5. The molecule has 2 atom stereocenters. The molecule has 1 aliphatic rings. The van der Waals surface area contributed by atoms with Gasteiger partial charge in [-0.2, -0.15) is 10.1 Å². The number of halogens is 1.